The van der Waals surface area contributed by atoms with Crippen molar-refractivity contribution in [3.63, 3.8) is 0 Å². The minimum absolute atomic E-state index is 0. The number of hydrogen-bond acceptors (Lipinski definition) is 8. The zero-order valence-corrected chi connectivity index (χ0v) is 21.9. The van der Waals surface area contributed by atoms with Crippen LogP contribution in [0.15, 0.2) is 35.3 Å². The average molecular weight is 458 g/mol. The summed E-state index contributed by atoms with van der Waals surface area (Å²) < 4.78 is 32.0. The first-order chi connectivity index (χ1) is 12.4. The fourth-order valence-electron chi connectivity index (χ4n) is 3.37. The second-order valence-corrected chi connectivity index (χ2v) is 10.1. The average Bonchev–Trinajstić information content (AvgIpc) is 2.81. The number of fused-ring (bicyclic) bond motifs is 1. The van der Waals surface area contributed by atoms with Gasteiger partial charge in [0.15, 0.2) is 6.04 Å². The molecule has 1 N–H and O–H groups in total. The first-order valence-electron chi connectivity index (χ1n) is 7.92. The number of carboxylic acids is 1. The van der Waals surface area contributed by atoms with E-state index in [9.17, 15) is 32.8 Å². The number of aliphatic imine (C=N–C) groups is 1. The molecule has 9 nitrogen and oxygen atoms in total. The molecule has 29 heavy (non-hydrogen) atoms. The number of benzene rings is 1. The number of carboxylic acid groups (broad SMARTS) is 1. The van der Waals surface area contributed by atoms with E-state index < -0.39 is 55.3 Å². The number of rotatable bonds is 5. The van der Waals surface area contributed by atoms with E-state index in [0.717, 1.165) is 16.7 Å². The van der Waals surface area contributed by atoms with Gasteiger partial charge in [0.25, 0.3) is 16.0 Å². The van der Waals surface area contributed by atoms with Gasteiger partial charge in [0, 0.05) is 4.75 Å². The van der Waals surface area contributed by atoms with Gasteiger partial charge in [-0.05, 0) is 25.3 Å². The standard InChI is InChI=1S/C16H18N2O7S2.2Na/c1-16(2)11(15(21)22)18-13(20)9(14(18)26-16)17-12(19)10(27(23,24)25)8-6-4-3-5-7-8;;/h3-7,9-11,14H,1-2H3,(H,17,19)(H,21,22)(H,23,24,25);;/q;2*+1/p-2/t9-,10-,11+,14-;;/m1../s1. The van der Waals surface area contributed by atoms with E-state index >= 15 is 0 Å². The summed E-state index contributed by atoms with van der Waals surface area (Å²) in [5.74, 6) is -3.28. The van der Waals surface area contributed by atoms with Crippen LogP contribution in [0.4, 0.5) is 0 Å². The van der Waals surface area contributed by atoms with Crippen LogP contribution in [0, 0.1) is 0 Å². The molecule has 2 fully saturated rings. The minimum atomic E-state index is -4.81. The van der Waals surface area contributed by atoms with E-state index in [1.165, 1.54) is 24.3 Å². The minimum Gasteiger partial charge on any atom is -0.861 e. The summed E-state index contributed by atoms with van der Waals surface area (Å²) in [4.78, 5) is 28.5. The molecule has 1 amide bonds. The van der Waals surface area contributed by atoms with Crippen LogP contribution in [-0.2, 0) is 19.7 Å². The summed E-state index contributed by atoms with van der Waals surface area (Å²) in [7, 11) is -4.81. The Hall–Kier alpha value is -0.110. The molecular formula is C16H16N2Na2O7S2. The van der Waals surface area contributed by atoms with Crippen LogP contribution in [-0.4, -0.2) is 57.8 Å². The maximum absolute atomic E-state index is 12.5. The third kappa shape index (κ3) is 5.04. The molecule has 3 rings (SSSR count). The number of nitrogens with zero attached hydrogens (tertiary/aromatic N) is 2. The van der Waals surface area contributed by atoms with Crippen LogP contribution in [0.5, 0.6) is 0 Å². The fraction of sp³-hybridized carbons (Fsp3) is 0.438. The molecule has 0 unspecified atom stereocenters. The largest absolute Gasteiger partial charge is 1.00 e. The molecule has 0 bridgehead atoms. The molecule has 13 heteroatoms. The Kier molecular flexibility index (Phi) is 8.89. The van der Waals surface area contributed by atoms with Crippen LogP contribution in [0.2, 0.25) is 0 Å². The molecule has 0 aromatic heterocycles. The van der Waals surface area contributed by atoms with Crippen LogP contribution in [0.3, 0.4) is 0 Å². The molecule has 2 aliphatic rings. The SMILES string of the molecule is CC1(C)S[C@@H]2[C@H](N=C([O-])[C@@H](c3ccccc3)S(=O)(=O)O)C(=O)N2[C@H]1C(=O)[O-].[Na+].[Na+]. The second-order valence-electron chi connectivity index (χ2n) is 6.80. The Morgan fingerprint density at radius 3 is 2.28 bits per heavy atom. The Morgan fingerprint density at radius 1 is 1.24 bits per heavy atom. The topological polar surface area (TPSA) is 150 Å². The van der Waals surface area contributed by atoms with Crippen molar-refractivity contribution in [3.05, 3.63) is 35.9 Å². The summed E-state index contributed by atoms with van der Waals surface area (Å²) in [6.07, 6.45) is 0. The van der Waals surface area contributed by atoms with E-state index in [1.54, 1.807) is 19.9 Å². The quantitative estimate of drug-likeness (QED) is 0.150. The van der Waals surface area contributed by atoms with Gasteiger partial charge in [0.2, 0.25) is 0 Å². The van der Waals surface area contributed by atoms with Gasteiger partial charge < -0.3 is 19.9 Å². The van der Waals surface area contributed by atoms with Crippen molar-refractivity contribution in [2.75, 3.05) is 0 Å². The van der Waals surface area contributed by atoms with Gasteiger partial charge in [-0.15, -0.1) is 11.8 Å². The van der Waals surface area contributed by atoms with Gasteiger partial charge in [-0.3, -0.25) is 14.3 Å². The molecule has 1 aromatic carbocycles. The molecule has 0 aliphatic carbocycles. The summed E-state index contributed by atoms with van der Waals surface area (Å²) in [6, 6.07) is 4.91. The van der Waals surface area contributed by atoms with Crippen molar-refractivity contribution in [2.24, 2.45) is 4.99 Å². The monoisotopic (exact) mass is 458 g/mol. The molecule has 1 aromatic rings. The van der Waals surface area contributed by atoms with E-state index in [1.807, 2.05) is 0 Å². The van der Waals surface area contributed by atoms with E-state index in [4.69, 9.17) is 0 Å². The molecule has 2 saturated heterocycles. The summed E-state index contributed by atoms with van der Waals surface area (Å²) >= 11 is 1.15. The number of thioether (sulfide) groups is 1. The smallest absolute Gasteiger partial charge is 0.861 e. The van der Waals surface area contributed by atoms with E-state index in [2.05, 4.69) is 4.99 Å². The maximum atomic E-state index is 12.5. The Balaban J connectivity index is 0.00000210. The first kappa shape index (κ1) is 26.9. The Labute approximate surface area is 216 Å². The van der Waals surface area contributed by atoms with Crippen molar-refractivity contribution in [3.8, 4) is 0 Å². The zero-order chi connectivity index (χ0) is 20.1. The predicted molar refractivity (Wildman–Crippen MR) is 93.1 cm³/mol. The predicted octanol–water partition coefficient (Wildman–Crippen LogP) is -7.44. The molecule has 4 atom stereocenters. The van der Waals surface area contributed by atoms with Gasteiger partial charge in [-0.2, -0.15) is 8.42 Å². The number of amides is 1. The summed E-state index contributed by atoms with van der Waals surface area (Å²) in [5, 5.41) is 21.2. The van der Waals surface area contributed by atoms with Crippen LogP contribution < -0.4 is 69.3 Å². The molecule has 0 saturated carbocycles. The molecule has 146 valence electrons. The molecule has 2 heterocycles. The molecule has 0 spiro atoms. The van der Waals surface area contributed by atoms with Gasteiger partial charge in [0.05, 0.1) is 12.0 Å². The van der Waals surface area contributed by atoms with E-state index in [0.29, 0.717) is 0 Å². The summed E-state index contributed by atoms with van der Waals surface area (Å²) in [5.41, 5.74) is 0.0180. The number of hydrogen-bond donors (Lipinski definition) is 1. The molecule has 2 aliphatic heterocycles. The van der Waals surface area contributed by atoms with Gasteiger partial charge in [0.1, 0.15) is 10.6 Å². The number of carbonyl (C=O) groups excluding carboxylic acids is 2. The van der Waals surface area contributed by atoms with Gasteiger partial charge in [-0.25, -0.2) is 0 Å². The van der Waals surface area contributed by atoms with E-state index in [-0.39, 0.29) is 64.7 Å². The molecule has 0 radical (unpaired) electrons. The van der Waals surface area contributed by atoms with Crippen LogP contribution in [0.1, 0.15) is 24.7 Å². The normalized spacial score (nSPS) is 26.4. The van der Waals surface area contributed by atoms with Crippen molar-refractivity contribution < 1.29 is 91.9 Å². The third-order valence-electron chi connectivity index (χ3n) is 4.53. The van der Waals surface area contributed by atoms with Crippen molar-refractivity contribution in [2.45, 2.75) is 41.3 Å². The first-order valence-corrected chi connectivity index (χ1v) is 10.3. The number of β-lactam (4-membered cyclic amide) rings is 1. The van der Waals surface area contributed by atoms with Gasteiger partial charge >= 0.3 is 59.1 Å². The third-order valence-corrected chi connectivity index (χ3v) is 7.15. The van der Waals surface area contributed by atoms with Crippen molar-refractivity contribution in [1.29, 1.82) is 0 Å². The van der Waals surface area contributed by atoms with Crippen molar-refractivity contribution in [1.82, 2.24) is 4.90 Å². The zero-order valence-electron chi connectivity index (χ0n) is 16.3. The second kappa shape index (κ2) is 9.58. The Morgan fingerprint density at radius 2 is 1.79 bits per heavy atom. The number of carbonyl (C=O) groups is 2. The fourth-order valence-corrected chi connectivity index (χ4v) is 5.79. The number of aliphatic carboxylic acids is 1. The van der Waals surface area contributed by atoms with Crippen LogP contribution >= 0.6 is 11.8 Å². The maximum Gasteiger partial charge on any atom is 1.00 e. The van der Waals surface area contributed by atoms with Gasteiger partial charge in [-0.1, -0.05) is 30.3 Å². The summed E-state index contributed by atoms with van der Waals surface area (Å²) in [6.45, 7) is 3.27. The van der Waals surface area contributed by atoms with Crippen LogP contribution in [0.25, 0.3) is 0 Å². The molecular weight excluding hydrogens is 442 g/mol. The Bertz CT molecular complexity index is 924. The van der Waals surface area contributed by atoms with Crippen molar-refractivity contribution >= 4 is 39.7 Å².